The first-order valence-electron chi connectivity index (χ1n) is 7.73. The van der Waals surface area contributed by atoms with Gasteiger partial charge in [0.25, 0.3) is 0 Å². The summed E-state index contributed by atoms with van der Waals surface area (Å²) in [7, 11) is 0. The van der Waals surface area contributed by atoms with Gasteiger partial charge in [-0.1, -0.05) is 46.0 Å². The molecule has 112 valence electrons. The molecule has 2 atom stereocenters. The van der Waals surface area contributed by atoms with Gasteiger partial charge in [-0.25, -0.2) is 0 Å². The van der Waals surface area contributed by atoms with E-state index in [9.17, 15) is 0 Å². The van der Waals surface area contributed by atoms with Crippen molar-refractivity contribution >= 4 is 29.9 Å². The molecule has 3 nitrogen and oxygen atoms in total. The van der Waals surface area contributed by atoms with Crippen molar-refractivity contribution in [2.75, 3.05) is 6.54 Å². The second-order valence-electron chi connectivity index (χ2n) is 6.50. The van der Waals surface area contributed by atoms with Gasteiger partial charge in [0.05, 0.1) is 0 Å². The van der Waals surface area contributed by atoms with Crippen molar-refractivity contribution in [3.8, 4) is 0 Å². The zero-order chi connectivity index (χ0) is 13.0. The monoisotopic (exact) mass is 379 g/mol. The Balaban J connectivity index is 0.00000180. The molecule has 0 aromatic carbocycles. The maximum atomic E-state index is 5.93. The number of nitrogens with zero attached hydrogens (tertiary/aromatic N) is 1. The summed E-state index contributed by atoms with van der Waals surface area (Å²) in [6, 6.07) is 0.621. The minimum atomic E-state index is 0. The minimum absolute atomic E-state index is 0. The molecule has 0 aliphatic heterocycles. The summed E-state index contributed by atoms with van der Waals surface area (Å²) in [4.78, 5) is 4.41. The number of guanidine groups is 1. The van der Waals surface area contributed by atoms with Gasteiger partial charge in [0.15, 0.2) is 5.96 Å². The molecule has 0 spiro atoms. The highest BCUT2D eigenvalue weighted by Crippen LogP contribution is 2.44. The highest BCUT2D eigenvalue weighted by molar-refractivity contribution is 14.0. The van der Waals surface area contributed by atoms with E-state index in [1.165, 1.54) is 38.5 Å². The van der Waals surface area contributed by atoms with Gasteiger partial charge in [-0.15, -0.1) is 24.0 Å². The zero-order valence-electron chi connectivity index (χ0n) is 12.4. The van der Waals surface area contributed by atoms with Crippen molar-refractivity contribution in [3.05, 3.63) is 0 Å². The summed E-state index contributed by atoms with van der Waals surface area (Å²) >= 11 is 0. The molecule has 0 saturated heterocycles. The van der Waals surface area contributed by atoms with Gasteiger partial charge < -0.3 is 11.1 Å². The average Bonchev–Trinajstić information content (AvgIpc) is 3.09. The van der Waals surface area contributed by atoms with E-state index in [-0.39, 0.29) is 24.0 Å². The summed E-state index contributed by atoms with van der Waals surface area (Å²) in [5.41, 5.74) is 5.93. The number of hydrogen-bond acceptors (Lipinski definition) is 1. The Hall–Kier alpha value is 0. The first-order valence-corrected chi connectivity index (χ1v) is 7.73. The Morgan fingerprint density at radius 2 is 1.95 bits per heavy atom. The Morgan fingerprint density at radius 1 is 1.26 bits per heavy atom. The van der Waals surface area contributed by atoms with Crippen LogP contribution in [0.2, 0.25) is 0 Å². The van der Waals surface area contributed by atoms with E-state index in [1.54, 1.807) is 0 Å². The van der Waals surface area contributed by atoms with E-state index in [0.29, 0.717) is 17.9 Å². The van der Waals surface area contributed by atoms with Crippen molar-refractivity contribution < 1.29 is 0 Å². The van der Waals surface area contributed by atoms with E-state index >= 15 is 0 Å². The Morgan fingerprint density at radius 3 is 2.58 bits per heavy atom. The molecule has 0 amide bonds. The molecule has 0 aromatic rings. The first-order chi connectivity index (χ1) is 8.66. The van der Waals surface area contributed by atoms with Gasteiger partial charge in [0, 0.05) is 12.6 Å². The number of hydrogen-bond donors (Lipinski definition) is 2. The highest BCUT2D eigenvalue weighted by Gasteiger charge is 2.43. The van der Waals surface area contributed by atoms with E-state index < -0.39 is 0 Å². The summed E-state index contributed by atoms with van der Waals surface area (Å²) in [5.74, 6) is 3.21. The molecule has 2 aliphatic carbocycles. The summed E-state index contributed by atoms with van der Waals surface area (Å²) in [5, 5.41) is 3.40. The third-order valence-electron chi connectivity index (χ3n) is 4.42. The molecule has 0 aromatic heterocycles. The lowest BCUT2D eigenvalue weighted by Gasteiger charge is -2.21. The van der Waals surface area contributed by atoms with Gasteiger partial charge >= 0.3 is 0 Å². The molecule has 3 N–H and O–H groups in total. The van der Waals surface area contributed by atoms with Crippen molar-refractivity contribution in [3.63, 3.8) is 0 Å². The number of nitrogens with one attached hydrogen (secondary N) is 1. The maximum Gasteiger partial charge on any atom is 0.188 e. The molecule has 2 rings (SSSR count). The number of nitrogens with two attached hydrogens (primary N) is 1. The molecular weight excluding hydrogens is 349 g/mol. The molecule has 19 heavy (non-hydrogen) atoms. The summed E-state index contributed by atoms with van der Waals surface area (Å²) in [6.07, 6.45) is 9.63. The predicted molar refractivity (Wildman–Crippen MR) is 93.0 cm³/mol. The molecule has 0 heterocycles. The maximum absolute atomic E-state index is 5.93. The molecule has 0 bridgehead atoms. The van der Waals surface area contributed by atoms with Gasteiger partial charge in [-0.2, -0.15) is 0 Å². The molecular formula is C15H30IN3. The van der Waals surface area contributed by atoms with Gasteiger partial charge in [-0.05, 0) is 30.6 Å². The van der Waals surface area contributed by atoms with Crippen LogP contribution in [0.25, 0.3) is 0 Å². The van der Waals surface area contributed by atoms with Crippen LogP contribution in [-0.4, -0.2) is 18.5 Å². The Labute approximate surface area is 135 Å². The largest absolute Gasteiger partial charge is 0.370 e. The van der Waals surface area contributed by atoms with E-state index in [2.05, 4.69) is 24.2 Å². The van der Waals surface area contributed by atoms with E-state index in [0.717, 1.165) is 24.8 Å². The van der Waals surface area contributed by atoms with Crippen molar-refractivity contribution in [1.29, 1.82) is 0 Å². The van der Waals surface area contributed by atoms with Crippen molar-refractivity contribution in [2.24, 2.45) is 28.5 Å². The van der Waals surface area contributed by atoms with Gasteiger partial charge in [0.1, 0.15) is 0 Å². The fourth-order valence-electron chi connectivity index (χ4n) is 3.14. The van der Waals surface area contributed by atoms with Crippen LogP contribution in [0.4, 0.5) is 0 Å². The van der Waals surface area contributed by atoms with Crippen LogP contribution in [0.3, 0.4) is 0 Å². The standard InChI is InChI=1S/C15H29N3.HI/c1-11(2)8-9-17-15(16)18-14-10-13(14)12-6-4-3-5-7-12;/h11-14H,3-10H2,1-2H3,(H3,16,17,18);1H. The fourth-order valence-corrected chi connectivity index (χ4v) is 3.14. The normalized spacial score (nSPS) is 28.1. The zero-order valence-corrected chi connectivity index (χ0v) is 14.7. The van der Waals surface area contributed by atoms with Crippen molar-refractivity contribution in [1.82, 2.24) is 5.32 Å². The topological polar surface area (TPSA) is 50.4 Å². The molecule has 2 saturated carbocycles. The third-order valence-corrected chi connectivity index (χ3v) is 4.42. The first kappa shape index (κ1) is 17.1. The lowest BCUT2D eigenvalue weighted by Crippen LogP contribution is -2.35. The quantitative estimate of drug-likeness (QED) is 0.436. The fraction of sp³-hybridized carbons (Fsp3) is 0.933. The van der Waals surface area contributed by atoms with Gasteiger partial charge in [-0.3, -0.25) is 4.99 Å². The average molecular weight is 379 g/mol. The number of aliphatic imine (C=N–C) groups is 1. The SMILES string of the molecule is CC(C)CCN=C(N)NC1CC1C1CCCCC1.I. The molecule has 2 unspecified atom stereocenters. The number of halogens is 1. The summed E-state index contributed by atoms with van der Waals surface area (Å²) < 4.78 is 0. The van der Waals surface area contributed by atoms with Crippen LogP contribution < -0.4 is 11.1 Å². The minimum Gasteiger partial charge on any atom is -0.370 e. The summed E-state index contributed by atoms with van der Waals surface area (Å²) in [6.45, 7) is 5.30. The number of rotatable bonds is 5. The Bertz CT molecular complexity index is 285. The van der Waals surface area contributed by atoms with Crippen LogP contribution in [0.5, 0.6) is 0 Å². The lowest BCUT2D eigenvalue weighted by molar-refractivity contribution is 0.316. The highest BCUT2D eigenvalue weighted by atomic mass is 127. The van der Waals surface area contributed by atoms with Crippen LogP contribution in [0.15, 0.2) is 4.99 Å². The van der Waals surface area contributed by atoms with Crippen LogP contribution in [0.1, 0.15) is 58.8 Å². The molecule has 0 radical (unpaired) electrons. The van der Waals surface area contributed by atoms with Crippen LogP contribution >= 0.6 is 24.0 Å². The molecule has 2 fully saturated rings. The van der Waals surface area contributed by atoms with E-state index in [1.807, 2.05) is 0 Å². The van der Waals surface area contributed by atoms with E-state index in [4.69, 9.17) is 5.73 Å². The molecule has 2 aliphatic rings. The second-order valence-corrected chi connectivity index (χ2v) is 6.50. The molecule has 4 heteroatoms. The Kier molecular flexibility index (Phi) is 7.47. The van der Waals surface area contributed by atoms with Gasteiger partial charge in [0.2, 0.25) is 0 Å². The van der Waals surface area contributed by atoms with Crippen LogP contribution in [-0.2, 0) is 0 Å². The third kappa shape index (κ3) is 5.88. The predicted octanol–water partition coefficient (Wildman–Crippen LogP) is 3.52. The second kappa shape index (κ2) is 8.32. The smallest absolute Gasteiger partial charge is 0.188 e. The lowest BCUT2D eigenvalue weighted by atomic mass is 9.85. The van der Waals surface area contributed by atoms with Crippen LogP contribution in [0, 0.1) is 17.8 Å². The van der Waals surface area contributed by atoms with Crippen molar-refractivity contribution in [2.45, 2.75) is 64.8 Å².